The normalized spacial score (nSPS) is 11.8. The highest BCUT2D eigenvalue weighted by atomic mass is 16.6. The summed E-state index contributed by atoms with van der Waals surface area (Å²) >= 11 is 0. The van der Waals surface area contributed by atoms with Crippen LogP contribution < -0.4 is 10.6 Å². The van der Waals surface area contributed by atoms with Gasteiger partial charge in [0.2, 0.25) is 0 Å². The maximum atomic E-state index is 5.50. The van der Waals surface area contributed by atoms with Crippen molar-refractivity contribution < 1.29 is 23.7 Å². The standard InChI is InChI=1S/C20H44N2O5/c1-19(2)21-7-5-9-23-11-13-25-15-17-27-18-16-26-14-12-24-10-6-8-22-20(3)4/h19-22H,5-18H2,1-4H3. The van der Waals surface area contributed by atoms with Crippen molar-refractivity contribution in [2.24, 2.45) is 0 Å². The van der Waals surface area contributed by atoms with Crippen LogP contribution in [0.1, 0.15) is 40.5 Å². The summed E-state index contributed by atoms with van der Waals surface area (Å²) in [5, 5.41) is 6.72. The van der Waals surface area contributed by atoms with Crippen molar-refractivity contribution in [1.82, 2.24) is 10.6 Å². The molecule has 0 spiro atoms. The highest BCUT2D eigenvalue weighted by molar-refractivity contribution is 4.52. The minimum Gasteiger partial charge on any atom is -0.379 e. The van der Waals surface area contributed by atoms with Crippen LogP contribution >= 0.6 is 0 Å². The van der Waals surface area contributed by atoms with E-state index >= 15 is 0 Å². The van der Waals surface area contributed by atoms with Crippen molar-refractivity contribution in [3.63, 3.8) is 0 Å². The van der Waals surface area contributed by atoms with Crippen molar-refractivity contribution in [1.29, 1.82) is 0 Å². The molecule has 0 unspecified atom stereocenters. The maximum absolute atomic E-state index is 5.50. The summed E-state index contributed by atoms with van der Waals surface area (Å²) < 4.78 is 27.4. The molecule has 0 aliphatic carbocycles. The van der Waals surface area contributed by atoms with Crippen molar-refractivity contribution in [3.8, 4) is 0 Å². The minimum atomic E-state index is 0.536. The van der Waals surface area contributed by atoms with E-state index in [2.05, 4.69) is 38.3 Å². The zero-order valence-electron chi connectivity index (χ0n) is 18.1. The largest absolute Gasteiger partial charge is 0.379 e. The van der Waals surface area contributed by atoms with Gasteiger partial charge in [-0.1, -0.05) is 27.7 Å². The van der Waals surface area contributed by atoms with Crippen LogP contribution in [-0.4, -0.2) is 91.2 Å². The van der Waals surface area contributed by atoms with Crippen LogP contribution in [0.25, 0.3) is 0 Å². The molecule has 0 aromatic rings. The van der Waals surface area contributed by atoms with E-state index in [1.165, 1.54) is 0 Å². The van der Waals surface area contributed by atoms with Crippen LogP contribution in [0, 0.1) is 0 Å². The molecule has 0 aliphatic rings. The zero-order chi connectivity index (χ0) is 20.0. The van der Waals surface area contributed by atoms with Crippen LogP contribution in [0.2, 0.25) is 0 Å². The van der Waals surface area contributed by atoms with E-state index in [4.69, 9.17) is 23.7 Å². The number of hydrogen-bond acceptors (Lipinski definition) is 7. The van der Waals surface area contributed by atoms with Crippen LogP contribution in [0.5, 0.6) is 0 Å². The third kappa shape index (κ3) is 25.7. The molecule has 2 N–H and O–H groups in total. The van der Waals surface area contributed by atoms with E-state index in [-0.39, 0.29) is 0 Å². The molecule has 0 saturated heterocycles. The summed E-state index contributed by atoms with van der Waals surface area (Å²) in [5.74, 6) is 0. The Morgan fingerprint density at radius 1 is 0.444 bits per heavy atom. The Kier molecular flexibility index (Phi) is 21.8. The lowest BCUT2D eigenvalue weighted by Crippen LogP contribution is -2.24. The van der Waals surface area contributed by atoms with Gasteiger partial charge in [0.15, 0.2) is 0 Å². The zero-order valence-corrected chi connectivity index (χ0v) is 18.1. The van der Waals surface area contributed by atoms with E-state index in [1.807, 2.05) is 0 Å². The molecule has 0 rings (SSSR count). The Hall–Kier alpha value is -0.280. The molecule has 0 aromatic carbocycles. The molecular formula is C20H44N2O5. The monoisotopic (exact) mass is 392 g/mol. The van der Waals surface area contributed by atoms with Gasteiger partial charge in [-0.3, -0.25) is 0 Å². The Balaban J connectivity index is 2.99. The molecule has 27 heavy (non-hydrogen) atoms. The average Bonchev–Trinajstić information content (AvgIpc) is 2.62. The number of rotatable bonds is 22. The van der Waals surface area contributed by atoms with Gasteiger partial charge in [0.1, 0.15) is 0 Å². The first-order chi connectivity index (χ1) is 13.1. The molecule has 0 bridgehead atoms. The van der Waals surface area contributed by atoms with Gasteiger partial charge in [-0.05, 0) is 25.9 Å². The van der Waals surface area contributed by atoms with E-state index in [0.717, 1.165) is 39.1 Å². The number of hydrogen-bond donors (Lipinski definition) is 2. The first-order valence-electron chi connectivity index (χ1n) is 10.5. The van der Waals surface area contributed by atoms with Crippen LogP contribution in [0.3, 0.4) is 0 Å². The highest BCUT2D eigenvalue weighted by Crippen LogP contribution is 1.87. The lowest BCUT2D eigenvalue weighted by atomic mass is 10.3. The smallest absolute Gasteiger partial charge is 0.0701 e. The van der Waals surface area contributed by atoms with Crippen LogP contribution in [-0.2, 0) is 23.7 Å². The summed E-state index contributed by atoms with van der Waals surface area (Å²) in [5.41, 5.74) is 0. The quantitative estimate of drug-likeness (QED) is 0.273. The van der Waals surface area contributed by atoms with E-state index in [1.54, 1.807) is 0 Å². The molecule has 164 valence electrons. The topological polar surface area (TPSA) is 70.2 Å². The molecule has 0 atom stereocenters. The maximum Gasteiger partial charge on any atom is 0.0701 e. The third-order valence-electron chi connectivity index (χ3n) is 3.52. The van der Waals surface area contributed by atoms with Crippen molar-refractivity contribution in [2.75, 3.05) is 79.2 Å². The SMILES string of the molecule is CC(C)NCCCOCCOCCOCCOCCOCCCNC(C)C. The summed E-state index contributed by atoms with van der Waals surface area (Å²) in [6.45, 7) is 17.0. The first kappa shape index (κ1) is 26.7. The van der Waals surface area contributed by atoms with Gasteiger partial charge in [0.05, 0.1) is 52.9 Å². The minimum absolute atomic E-state index is 0.536. The molecule has 7 nitrogen and oxygen atoms in total. The Labute approximate surface area is 166 Å². The lowest BCUT2D eigenvalue weighted by Gasteiger charge is -2.09. The summed E-state index contributed by atoms with van der Waals surface area (Å²) in [6.07, 6.45) is 2.06. The van der Waals surface area contributed by atoms with Crippen molar-refractivity contribution in [2.45, 2.75) is 52.6 Å². The van der Waals surface area contributed by atoms with E-state index in [0.29, 0.717) is 64.9 Å². The van der Waals surface area contributed by atoms with E-state index < -0.39 is 0 Å². The van der Waals surface area contributed by atoms with Gasteiger partial charge in [0, 0.05) is 25.3 Å². The van der Waals surface area contributed by atoms with Gasteiger partial charge >= 0.3 is 0 Å². The second-order valence-electron chi connectivity index (χ2n) is 6.99. The van der Waals surface area contributed by atoms with Gasteiger partial charge in [-0.2, -0.15) is 0 Å². The van der Waals surface area contributed by atoms with Gasteiger partial charge < -0.3 is 34.3 Å². The molecule has 0 heterocycles. The lowest BCUT2D eigenvalue weighted by molar-refractivity contribution is -0.0112. The molecule has 0 amide bonds. The van der Waals surface area contributed by atoms with Crippen LogP contribution in [0.15, 0.2) is 0 Å². The van der Waals surface area contributed by atoms with Gasteiger partial charge in [-0.25, -0.2) is 0 Å². The summed E-state index contributed by atoms with van der Waals surface area (Å²) in [7, 11) is 0. The summed E-state index contributed by atoms with van der Waals surface area (Å²) in [4.78, 5) is 0. The molecule has 0 saturated carbocycles. The average molecular weight is 393 g/mol. The Morgan fingerprint density at radius 2 is 0.704 bits per heavy atom. The third-order valence-corrected chi connectivity index (χ3v) is 3.52. The van der Waals surface area contributed by atoms with Crippen molar-refractivity contribution in [3.05, 3.63) is 0 Å². The van der Waals surface area contributed by atoms with Gasteiger partial charge in [-0.15, -0.1) is 0 Å². The van der Waals surface area contributed by atoms with Crippen molar-refractivity contribution >= 4 is 0 Å². The predicted molar refractivity (Wildman–Crippen MR) is 110 cm³/mol. The Morgan fingerprint density at radius 3 is 0.963 bits per heavy atom. The Bertz CT molecular complexity index is 255. The fraction of sp³-hybridized carbons (Fsp3) is 1.00. The van der Waals surface area contributed by atoms with Crippen LogP contribution in [0.4, 0.5) is 0 Å². The molecular weight excluding hydrogens is 348 g/mol. The second-order valence-corrected chi connectivity index (χ2v) is 6.99. The second kappa shape index (κ2) is 22.0. The predicted octanol–water partition coefficient (Wildman–Crippen LogP) is 1.85. The number of ether oxygens (including phenoxy) is 5. The molecule has 0 aliphatic heterocycles. The summed E-state index contributed by atoms with van der Waals surface area (Å²) in [6, 6.07) is 1.07. The molecule has 0 radical (unpaired) electrons. The first-order valence-corrected chi connectivity index (χ1v) is 10.5. The van der Waals surface area contributed by atoms with Gasteiger partial charge in [0.25, 0.3) is 0 Å². The molecule has 0 aromatic heterocycles. The highest BCUT2D eigenvalue weighted by Gasteiger charge is 1.95. The molecule has 7 heteroatoms. The van der Waals surface area contributed by atoms with E-state index in [9.17, 15) is 0 Å². The molecule has 0 fully saturated rings. The number of nitrogens with one attached hydrogen (secondary N) is 2. The fourth-order valence-corrected chi connectivity index (χ4v) is 2.11. The fourth-order valence-electron chi connectivity index (χ4n) is 2.11.